The Bertz CT molecular complexity index is 947. The first-order valence-electron chi connectivity index (χ1n) is 10.2. The molecular weight excluding hydrogens is 396 g/mol. The lowest BCUT2D eigenvalue weighted by molar-refractivity contribution is -0.137. The highest BCUT2D eigenvalue weighted by atomic mass is 16.5. The number of carbonyl (C=O) groups excluding carboxylic acids is 2. The molecule has 0 saturated carbocycles. The Balaban J connectivity index is 1.92. The van der Waals surface area contributed by atoms with Gasteiger partial charge >= 0.3 is 0 Å². The van der Waals surface area contributed by atoms with Gasteiger partial charge in [0.05, 0.1) is 25.9 Å². The third-order valence-electron chi connectivity index (χ3n) is 4.83. The topological polar surface area (TPSA) is 77.1 Å². The monoisotopic (exact) mass is 424 g/mol. The highest BCUT2D eigenvalue weighted by Crippen LogP contribution is 2.33. The van der Waals surface area contributed by atoms with E-state index in [1.807, 2.05) is 44.2 Å². The molecule has 0 saturated heterocycles. The number of nitrogens with one attached hydrogen (secondary N) is 1. The molecule has 7 heteroatoms. The summed E-state index contributed by atoms with van der Waals surface area (Å²) in [6, 6.07) is 14.4. The van der Waals surface area contributed by atoms with Crippen molar-refractivity contribution < 1.29 is 23.8 Å². The quantitative estimate of drug-likeness (QED) is 0.463. The van der Waals surface area contributed by atoms with Gasteiger partial charge in [-0.2, -0.15) is 0 Å². The summed E-state index contributed by atoms with van der Waals surface area (Å²) in [7, 11) is 3.11. The molecule has 1 aliphatic rings. The fraction of sp³-hybridized carbons (Fsp3) is 0.333. The molecule has 7 nitrogen and oxygen atoms in total. The summed E-state index contributed by atoms with van der Waals surface area (Å²) < 4.78 is 16.2. The van der Waals surface area contributed by atoms with Gasteiger partial charge in [-0.3, -0.25) is 14.5 Å². The molecule has 0 unspecified atom stereocenters. The molecule has 0 radical (unpaired) electrons. The molecule has 0 aromatic heterocycles. The minimum Gasteiger partial charge on any atom is -0.497 e. The number of anilines is 1. The smallest absolute Gasteiger partial charge is 0.278 e. The maximum Gasteiger partial charge on any atom is 0.278 e. The Kier molecular flexibility index (Phi) is 7.31. The van der Waals surface area contributed by atoms with Crippen LogP contribution < -0.4 is 14.8 Å². The normalized spacial score (nSPS) is 13.9. The first-order valence-corrected chi connectivity index (χ1v) is 10.2. The highest BCUT2D eigenvalue weighted by molar-refractivity contribution is 6.36. The molecular formula is C24H28N2O5. The van der Waals surface area contributed by atoms with E-state index in [4.69, 9.17) is 14.2 Å². The van der Waals surface area contributed by atoms with Gasteiger partial charge in [0, 0.05) is 37.0 Å². The summed E-state index contributed by atoms with van der Waals surface area (Å²) in [6.07, 6.45) is 0.668. The zero-order valence-corrected chi connectivity index (χ0v) is 18.3. The van der Waals surface area contributed by atoms with Crippen LogP contribution in [0.4, 0.5) is 5.69 Å². The van der Waals surface area contributed by atoms with E-state index in [-0.39, 0.29) is 30.2 Å². The van der Waals surface area contributed by atoms with Crippen molar-refractivity contribution in [1.29, 1.82) is 0 Å². The van der Waals surface area contributed by atoms with Crippen molar-refractivity contribution in [1.82, 2.24) is 4.90 Å². The van der Waals surface area contributed by atoms with E-state index in [9.17, 15) is 9.59 Å². The van der Waals surface area contributed by atoms with E-state index in [1.165, 1.54) is 4.90 Å². The van der Waals surface area contributed by atoms with E-state index in [2.05, 4.69) is 5.32 Å². The van der Waals surface area contributed by atoms with E-state index >= 15 is 0 Å². The van der Waals surface area contributed by atoms with Crippen LogP contribution in [0.25, 0.3) is 5.57 Å². The number of hydrogen-bond acceptors (Lipinski definition) is 6. The lowest BCUT2D eigenvalue weighted by Crippen LogP contribution is -2.34. The third-order valence-corrected chi connectivity index (χ3v) is 4.83. The number of methoxy groups -OCH3 is 2. The van der Waals surface area contributed by atoms with Crippen LogP contribution in [-0.2, 0) is 14.3 Å². The summed E-state index contributed by atoms with van der Waals surface area (Å²) in [6.45, 7) is 4.66. The molecule has 1 aliphatic heterocycles. The average molecular weight is 424 g/mol. The fourth-order valence-corrected chi connectivity index (χ4v) is 3.33. The van der Waals surface area contributed by atoms with Gasteiger partial charge in [-0.25, -0.2) is 0 Å². The Labute approximate surface area is 182 Å². The zero-order chi connectivity index (χ0) is 22.4. The Hall–Kier alpha value is -3.32. The van der Waals surface area contributed by atoms with Crippen LogP contribution in [0, 0.1) is 0 Å². The van der Waals surface area contributed by atoms with E-state index < -0.39 is 0 Å². The Morgan fingerprint density at radius 2 is 1.58 bits per heavy atom. The molecule has 1 N–H and O–H groups in total. The number of nitrogens with zero attached hydrogens (tertiary/aromatic N) is 1. The first kappa shape index (κ1) is 22.4. The van der Waals surface area contributed by atoms with Gasteiger partial charge in [0.2, 0.25) is 0 Å². The van der Waals surface area contributed by atoms with Crippen LogP contribution in [0.1, 0.15) is 25.8 Å². The van der Waals surface area contributed by atoms with Gasteiger partial charge in [0.1, 0.15) is 17.2 Å². The second-order valence-corrected chi connectivity index (χ2v) is 7.38. The third kappa shape index (κ3) is 5.24. The molecule has 31 heavy (non-hydrogen) atoms. The molecule has 0 aliphatic carbocycles. The van der Waals surface area contributed by atoms with Crippen molar-refractivity contribution >= 4 is 23.1 Å². The van der Waals surface area contributed by atoms with Crippen LogP contribution in [-0.4, -0.2) is 50.2 Å². The van der Waals surface area contributed by atoms with Crippen LogP contribution in [0.2, 0.25) is 0 Å². The second kappa shape index (κ2) is 10.1. The minimum absolute atomic E-state index is 0.100. The number of amides is 2. The Morgan fingerprint density at radius 3 is 2.16 bits per heavy atom. The highest BCUT2D eigenvalue weighted by Gasteiger charge is 2.38. The molecule has 164 valence electrons. The number of hydrogen-bond donors (Lipinski definition) is 1. The van der Waals surface area contributed by atoms with Gasteiger partial charge < -0.3 is 19.5 Å². The van der Waals surface area contributed by atoms with Crippen molar-refractivity contribution in [3.63, 3.8) is 0 Å². The summed E-state index contributed by atoms with van der Waals surface area (Å²) in [5.41, 5.74) is 1.85. The summed E-state index contributed by atoms with van der Waals surface area (Å²) in [5, 5.41) is 3.13. The van der Waals surface area contributed by atoms with Crippen molar-refractivity contribution in [2.45, 2.75) is 26.4 Å². The molecule has 3 rings (SSSR count). The maximum absolute atomic E-state index is 13.2. The second-order valence-electron chi connectivity index (χ2n) is 7.38. The number of carbonyl (C=O) groups is 2. The maximum atomic E-state index is 13.2. The Morgan fingerprint density at radius 1 is 0.935 bits per heavy atom. The van der Waals surface area contributed by atoms with Gasteiger partial charge in [-0.05, 0) is 25.8 Å². The van der Waals surface area contributed by atoms with Crippen molar-refractivity contribution in [2.75, 3.05) is 32.7 Å². The predicted octanol–water partition coefficient (Wildman–Crippen LogP) is 3.71. The van der Waals surface area contributed by atoms with Crippen LogP contribution in [0.3, 0.4) is 0 Å². The van der Waals surface area contributed by atoms with Crippen LogP contribution in [0.5, 0.6) is 11.5 Å². The number of ether oxygens (including phenoxy) is 3. The minimum atomic E-state index is -0.366. The number of benzene rings is 2. The van der Waals surface area contributed by atoms with E-state index in [1.54, 1.807) is 32.4 Å². The summed E-state index contributed by atoms with van der Waals surface area (Å²) in [4.78, 5) is 27.7. The predicted molar refractivity (Wildman–Crippen MR) is 119 cm³/mol. The molecule has 2 aromatic rings. The summed E-state index contributed by atoms with van der Waals surface area (Å²) >= 11 is 0. The number of imide groups is 1. The largest absolute Gasteiger partial charge is 0.497 e. The fourth-order valence-electron chi connectivity index (χ4n) is 3.33. The van der Waals surface area contributed by atoms with Gasteiger partial charge in [-0.1, -0.05) is 30.3 Å². The van der Waals surface area contributed by atoms with Gasteiger partial charge in [-0.15, -0.1) is 0 Å². The van der Waals surface area contributed by atoms with E-state index in [0.29, 0.717) is 41.4 Å². The van der Waals surface area contributed by atoms with Crippen LogP contribution in [0.15, 0.2) is 54.2 Å². The molecule has 0 atom stereocenters. The molecule has 0 spiro atoms. The van der Waals surface area contributed by atoms with Crippen molar-refractivity contribution in [3.8, 4) is 11.5 Å². The number of rotatable bonds is 10. The van der Waals surface area contributed by atoms with Crippen LogP contribution >= 0.6 is 0 Å². The molecule has 0 fully saturated rings. The standard InChI is InChI=1S/C24H28N2O5/c1-16(2)31-12-8-11-26-23(27)21(17-9-6-5-7-10-17)22(24(26)28)25-18-13-19(29-3)15-20(14-18)30-4/h5-7,9-10,13-16,25H,8,11-12H2,1-4H3. The lowest BCUT2D eigenvalue weighted by Gasteiger charge is -2.16. The molecule has 0 bridgehead atoms. The summed E-state index contributed by atoms with van der Waals surface area (Å²) in [5.74, 6) is 0.458. The molecule has 2 amide bonds. The first-order chi connectivity index (χ1) is 14.9. The molecule has 1 heterocycles. The van der Waals surface area contributed by atoms with Gasteiger partial charge in [0.15, 0.2) is 0 Å². The lowest BCUT2D eigenvalue weighted by atomic mass is 10.0. The average Bonchev–Trinajstić information content (AvgIpc) is 3.00. The van der Waals surface area contributed by atoms with E-state index in [0.717, 1.165) is 0 Å². The van der Waals surface area contributed by atoms with Gasteiger partial charge in [0.25, 0.3) is 11.8 Å². The van der Waals surface area contributed by atoms with Crippen molar-refractivity contribution in [2.24, 2.45) is 0 Å². The SMILES string of the molecule is COc1cc(NC2=C(c3ccccc3)C(=O)N(CCCOC(C)C)C2=O)cc(OC)c1. The van der Waals surface area contributed by atoms with Crippen molar-refractivity contribution in [3.05, 3.63) is 59.8 Å². The zero-order valence-electron chi connectivity index (χ0n) is 18.3. The molecule has 2 aromatic carbocycles.